The van der Waals surface area contributed by atoms with Crippen LogP contribution in [0.2, 0.25) is 0 Å². The molecule has 0 amide bonds. The highest BCUT2D eigenvalue weighted by molar-refractivity contribution is 5.99. The Bertz CT molecular complexity index is 594. The van der Waals surface area contributed by atoms with Crippen LogP contribution in [-0.2, 0) is 6.42 Å². The molecule has 1 aromatic heterocycles. The number of hydrogen-bond acceptors (Lipinski definition) is 4. The Kier molecular flexibility index (Phi) is 4.55. The van der Waals surface area contributed by atoms with Gasteiger partial charge in [0.25, 0.3) is 0 Å². The Morgan fingerprint density at radius 2 is 2.05 bits per heavy atom. The van der Waals surface area contributed by atoms with Crippen molar-refractivity contribution in [2.24, 2.45) is 10.9 Å². The molecule has 0 atom stereocenters. The van der Waals surface area contributed by atoms with Gasteiger partial charge in [0.2, 0.25) is 5.88 Å². The number of nitrogens with two attached hydrogens (primary N) is 1. The fraction of sp³-hybridized carbons (Fsp3) is 0.200. The van der Waals surface area contributed by atoms with Gasteiger partial charge in [-0.15, -0.1) is 0 Å². The standard InChI is InChI=1S/C15H17N3O2/c1-2-4-11-6-8-12(9-7-11)20-15-13(14(16)18-19)5-3-10-17-15/h3,5-10,19H,2,4H2,1H3,(H2,16,18). The lowest BCUT2D eigenvalue weighted by atomic mass is 10.1. The molecule has 3 N–H and O–H groups in total. The van der Waals surface area contributed by atoms with E-state index in [1.54, 1.807) is 18.3 Å². The predicted molar refractivity (Wildman–Crippen MR) is 77.3 cm³/mol. The van der Waals surface area contributed by atoms with Gasteiger partial charge in [0.05, 0.1) is 5.56 Å². The first-order valence-electron chi connectivity index (χ1n) is 6.44. The van der Waals surface area contributed by atoms with Crippen LogP contribution < -0.4 is 10.5 Å². The highest BCUT2D eigenvalue weighted by Gasteiger charge is 2.10. The van der Waals surface area contributed by atoms with Gasteiger partial charge < -0.3 is 15.7 Å². The van der Waals surface area contributed by atoms with Crippen molar-refractivity contribution in [2.75, 3.05) is 0 Å². The lowest BCUT2D eigenvalue weighted by Gasteiger charge is -2.09. The first-order chi connectivity index (χ1) is 9.74. The van der Waals surface area contributed by atoms with Gasteiger partial charge in [0.15, 0.2) is 5.84 Å². The smallest absolute Gasteiger partial charge is 0.230 e. The third kappa shape index (κ3) is 3.26. The van der Waals surface area contributed by atoms with Gasteiger partial charge in [0.1, 0.15) is 5.75 Å². The van der Waals surface area contributed by atoms with E-state index in [4.69, 9.17) is 15.7 Å². The number of aryl methyl sites for hydroxylation is 1. The molecule has 20 heavy (non-hydrogen) atoms. The van der Waals surface area contributed by atoms with Gasteiger partial charge in [0, 0.05) is 6.20 Å². The number of nitrogens with zero attached hydrogens (tertiary/aromatic N) is 2. The molecule has 1 aromatic carbocycles. The summed E-state index contributed by atoms with van der Waals surface area (Å²) in [6.07, 6.45) is 3.74. The molecule has 5 nitrogen and oxygen atoms in total. The fourth-order valence-corrected chi connectivity index (χ4v) is 1.85. The maximum atomic E-state index is 8.75. The van der Waals surface area contributed by atoms with Crippen LogP contribution in [0.25, 0.3) is 0 Å². The Balaban J connectivity index is 2.21. The Morgan fingerprint density at radius 3 is 2.70 bits per heavy atom. The van der Waals surface area contributed by atoms with Gasteiger partial charge in [-0.3, -0.25) is 0 Å². The Labute approximate surface area is 117 Å². The maximum Gasteiger partial charge on any atom is 0.230 e. The summed E-state index contributed by atoms with van der Waals surface area (Å²) in [6.45, 7) is 2.14. The molecule has 0 aliphatic rings. The van der Waals surface area contributed by atoms with Crippen LogP contribution in [-0.4, -0.2) is 16.0 Å². The summed E-state index contributed by atoms with van der Waals surface area (Å²) in [5.74, 6) is 0.942. The third-order valence-corrected chi connectivity index (χ3v) is 2.83. The summed E-state index contributed by atoms with van der Waals surface area (Å²) in [5.41, 5.74) is 7.31. The summed E-state index contributed by atoms with van der Waals surface area (Å²) in [7, 11) is 0. The second-order valence-electron chi connectivity index (χ2n) is 4.34. The maximum absolute atomic E-state index is 8.75. The molecule has 2 aromatic rings. The zero-order chi connectivity index (χ0) is 14.4. The molecule has 5 heteroatoms. The molecule has 0 radical (unpaired) electrons. The van der Waals surface area contributed by atoms with E-state index in [1.165, 1.54) is 5.56 Å². The molecule has 2 rings (SSSR count). The van der Waals surface area contributed by atoms with Gasteiger partial charge in [-0.05, 0) is 36.2 Å². The number of amidine groups is 1. The Hall–Kier alpha value is -2.56. The molecule has 0 unspecified atom stereocenters. The molecule has 0 saturated heterocycles. The zero-order valence-corrected chi connectivity index (χ0v) is 11.3. The number of rotatable bonds is 5. The molecule has 0 aliphatic carbocycles. The lowest BCUT2D eigenvalue weighted by Crippen LogP contribution is -2.14. The monoisotopic (exact) mass is 271 g/mol. The van der Waals surface area contributed by atoms with Crippen LogP contribution in [0.5, 0.6) is 11.6 Å². The van der Waals surface area contributed by atoms with E-state index in [-0.39, 0.29) is 5.84 Å². The van der Waals surface area contributed by atoms with Crippen LogP contribution in [0.1, 0.15) is 24.5 Å². The molecule has 0 aliphatic heterocycles. The van der Waals surface area contributed by atoms with E-state index in [2.05, 4.69) is 17.1 Å². The summed E-state index contributed by atoms with van der Waals surface area (Å²) in [5, 5.41) is 11.7. The summed E-state index contributed by atoms with van der Waals surface area (Å²) < 4.78 is 5.68. The van der Waals surface area contributed by atoms with Gasteiger partial charge >= 0.3 is 0 Å². The van der Waals surface area contributed by atoms with E-state index in [1.807, 2.05) is 24.3 Å². The highest BCUT2D eigenvalue weighted by atomic mass is 16.5. The summed E-state index contributed by atoms with van der Waals surface area (Å²) >= 11 is 0. The van der Waals surface area contributed by atoms with Crippen LogP contribution in [0.3, 0.4) is 0 Å². The van der Waals surface area contributed by atoms with Crippen molar-refractivity contribution in [3.63, 3.8) is 0 Å². The molecule has 0 spiro atoms. The third-order valence-electron chi connectivity index (χ3n) is 2.83. The zero-order valence-electron chi connectivity index (χ0n) is 11.3. The van der Waals surface area contributed by atoms with Crippen molar-refractivity contribution in [2.45, 2.75) is 19.8 Å². The summed E-state index contributed by atoms with van der Waals surface area (Å²) in [4.78, 5) is 4.11. The van der Waals surface area contributed by atoms with Crippen LogP contribution in [0.4, 0.5) is 0 Å². The largest absolute Gasteiger partial charge is 0.438 e. The van der Waals surface area contributed by atoms with E-state index in [9.17, 15) is 0 Å². The fourth-order valence-electron chi connectivity index (χ4n) is 1.85. The predicted octanol–water partition coefficient (Wildman–Crippen LogP) is 2.92. The molecule has 104 valence electrons. The number of hydrogen-bond donors (Lipinski definition) is 2. The minimum atomic E-state index is -0.0318. The topological polar surface area (TPSA) is 80.7 Å². The van der Waals surface area contributed by atoms with Gasteiger partial charge in [-0.25, -0.2) is 4.98 Å². The number of oxime groups is 1. The molecular formula is C15H17N3O2. The molecule has 0 saturated carbocycles. The molecular weight excluding hydrogens is 254 g/mol. The minimum Gasteiger partial charge on any atom is -0.438 e. The SMILES string of the molecule is CCCc1ccc(Oc2ncccc2C(N)=NO)cc1. The van der Waals surface area contributed by atoms with Gasteiger partial charge in [-0.2, -0.15) is 0 Å². The van der Waals surface area contributed by atoms with E-state index in [0.717, 1.165) is 12.8 Å². The van der Waals surface area contributed by atoms with Crippen LogP contribution in [0, 0.1) is 0 Å². The number of ether oxygens (including phenoxy) is 1. The number of aromatic nitrogens is 1. The second kappa shape index (κ2) is 6.56. The minimum absolute atomic E-state index is 0.0318. The first-order valence-corrected chi connectivity index (χ1v) is 6.44. The highest BCUT2D eigenvalue weighted by Crippen LogP contribution is 2.23. The second-order valence-corrected chi connectivity index (χ2v) is 4.34. The van der Waals surface area contributed by atoms with Crippen molar-refractivity contribution in [3.05, 3.63) is 53.7 Å². The number of pyridine rings is 1. The first kappa shape index (κ1) is 13.9. The summed E-state index contributed by atoms with van der Waals surface area (Å²) in [6, 6.07) is 11.2. The molecule has 0 bridgehead atoms. The quantitative estimate of drug-likeness (QED) is 0.379. The lowest BCUT2D eigenvalue weighted by molar-refractivity contribution is 0.318. The molecule has 1 heterocycles. The van der Waals surface area contributed by atoms with E-state index < -0.39 is 0 Å². The van der Waals surface area contributed by atoms with Gasteiger partial charge in [-0.1, -0.05) is 30.6 Å². The van der Waals surface area contributed by atoms with Crippen molar-refractivity contribution in [1.29, 1.82) is 0 Å². The number of benzene rings is 1. The van der Waals surface area contributed by atoms with E-state index in [0.29, 0.717) is 17.2 Å². The van der Waals surface area contributed by atoms with Crippen molar-refractivity contribution in [1.82, 2.24) is 4.98 Å². The van der Waals surface area contributed by atoms with Crippen molar-refractivity contribution >= 4 is 5.84 Å². The normalized spacial score (nSPS) is 11.3. The Morgan fingerprint density at radius 1 is 1.30 bits per heavy atom. The van der Waals surface area contributed by atoms with E-state index >= 15 is 0 Å². The van der Waals surface area contributed by atoms with Crippen LogP contribution >= 0.6 is 0 Å². The van der Waals surface area contributed by atoms with Crippen molar-refractivity contribution < 1.29 is 9.94 Å². The molecule has 0 fully saturated rings. The average molecular weight is 271 g/mol. The van der Waals surface area contributed by atoms with Crippen LogP contribution in [0.15, 0.2) is 47.8 Å². The van der Waals surface area contributed by atoms with Crippen molar-refractivity contribution in [3.8, 4) is 11.6 Å². The average Bonchev–Trinajstić information content (AvgIpc) is 2.49.